The molecule has 1 heterocycles. The molecule has 0 atom stereocenters. The van der Waals surface area contributed by atoms with Gasteiger partial charge in [-0.05, 0) is 44.5 Å². The van der Waals surface area contributed by atoms with Gasteiger partial charge < -0.3 is 15.4 Å². The molecule has 1 aliphatic heterocycles. The lowest BCUT2D eigenvalue weighted by Crippen LogP contribution is -2.34. The number of alkyl halides is 2. The third-order valence-electron chi connectivity index (χ3n) is 3.38. The maximum Gasteiger partial charge on any atom is 0.387 e. The number of anilines is 1. The lowest BCUT2D eigenvalue weighted by molar-refractivity contribution is -0.120. The van der Waals surface area contributed by atoms with Crippen molar-refractivity contribution in [3.05, 3.63) is 23.8 Å². The van der Waals surface area contributed by atoms with Crippen LogP contribution in [-0.4, -0.2) is 25.6 Å². The molecule has 0 spiro atoms. The Morgan fingerprint density at radius 3 is 2.67 bits per heavy atom. The minimum absolute atomic E-state index is 0. The number of carbonyl (C=O) groups is 1. The summed E-state index contributed by atoms with van der Waals surface area (Å²) in [4.78, 5) is 12.1. The van der Waals surface area contributed by atoms with Gasteiger partial charge in [-0.15, -0.1) is 12.4 Å². The molecule has 0 unspecified atom stereocenters. The van der Waals surface area contributed by atoms with Crippen molar-refractivity contribution in [2.75, 3.05) is 18.4 Å². The third kappa shape index (κ3) is 5.13. The van der Waals surface area contributed by atoms with Crippen LogP contribution >= 0.6 is 12.4 Å². The number of carbonyl (C=O) groups excluding carboxylic acids is 1. The van der Waals surface area contributed by atoms with Gasteiger partial charge in [0.15, 0.2) is 0 Å². The summed E-state index contributed by atoms with van der Waals surface area (Å²) in [6, 6.07) is 4.77. The van der Waals surface area contributed by atoms with E-state index in [1.54, 1.807) is 19.1 Å². The third-order valence-corrected chi connectivity index (χ3v) is 3.38. The molecule has 0 radical (unpaired) electrons. The largest absolute Gasteiger partial charge is 0.434 e. The first-order valence-electron chi connectivity index (χ1n) is 6.63. The maximum absolute atomic E-state index is 12.3. The van der Waals surface area contributed by atoms with Gasteiger partial charge in [-0.2, -0.15) is 8.78 Å². The second-order valence-electron chi connectivity index (χ2n) is 4.87. The summed E-state index contributed by atoms with van der Waals surface area (Å²) in [6.07, 6.45) is 1.58. The van der Waals surface area contributed by atoms with E-state index >= 15 is 0 Å². The van der Waals surface area contributed by atoms with Crippen LogP contribution in [0.2, 0.25) is 0 Å². The van der Waals surface area contributed by atoms with Gasteiger partial charge in [0, 0.05) is 17.7 Å². The summed E-state index contributed by atoms with van der Waals surface area (Å²) in [5.41, 5.74) is 1.08. The minimum atomic E-state index is -2.87. The van der Waals surface area contributed by atoms with Crippen LogP contribution in [0.1, 0.15) is 18.4 Å². The Bertz CT molecular complexity index is 480. The number of hydrogen-bond acceptors (Lipinski definition) is 3. The van der Waals surface area contributed by atoms with E-state index in [0.29, 0.717) is 11.3 Å². The minimum Gasteiger partial charge on any atom is -0.434 e. The molecule has 2 N–H and O–H groups in total. The van der Waals surface area contributed by atoms with Gasteiger partial charge in [-0.1, -0.05) is 6.07 Å². The van der Waals surface area contributed by atoms with E-state index in [1.165, 1.54) is 6.07 Å². The number of hydrogen-bond donors (Lipinski definition) is 2. The molecule has 0 bridgehead atoms. The molecule has 1 aliphatic rings. The molecule has 1 saturated heterocycles. The van der Waals surface area contributed by atoms with Crippen molar-refractivity contribution in [2.45, 2.75) is 26.4 Å². The van der Waals surface area contributed by atoms with Crippen molar-refractivity contribution < 1.29 is 18.3 Å². The summed E-state index contributed by atoms with van der Waals surface area (Å²) in [7, 11) is 0. The fraction of sp³-hybridized carbons (Fsp3) is 0.500. The molecule has 4 nitrogen and oxygen atoms in total. The van der Waals surface area contributed by atoms with Crippen molar-refractivity contribution in [2.24, 2.45) is 5.92 Å². The number of piperidine rings is 1. The normalized spacial score (nSPS) is 15.4. The highest BCUT2D eigenvalue weighted by Crippen LogP contribution is 2.25. The van der Waals surface area contributed by atoms with Crippen LogP contribution in [0.3, 0.4) is 0 Å². The zero-order chi connectivity index (χ0) is 14.5. The average Bonchev–Trinajstić information content (AvgIpc) is 2.43. The van der Waals surface area contributed by atoms with E-state index in [9.17, 15) is 13.6 Å². The number of benzene rings is 1. The summed E-state index contributed by atoms with van der Waals surface area (Å²) in [5, 5.41) is 5.95. The van der Waals surface area contributed by atoms with Crippen LogP contribution in [0, 0.1) is 12.8 Å². The van der Waals surface area contributed by atoms with Gasteiger partial charge in [-0.25, -0.2) is 0 Å². The van der Waals surface area contributed by atoms with Crippen molar-refractivity contribution >= 4 is 24.0 Å². The highest BCUT2D eigenvalue weighted by atomic mass is 35.5. The van der Waals surface area contributed by atoms with E-state index in [4.69, 9.17) is 0 Å². The Hall–Kier alpha value is -1.40. The van der Waals surface area contributed by atoms with Crippen LogP contribution in [0.15, 0.2) is 18.2 Å². The molecule has 0 saturated carbocycles. The zero-order valence-electron chi connectivity index (χ0n) is 11.7. The Morgan fingerprint density at radius 2 is 2.05 bits per heavy atom. The molecule has 0 aliphatic carbocycles. The van der Waals surface area contributed by atoms with Crippen molar-refractivity contribution in [3.8, 4) is 5.75 Å². The van der Waals surface area contributed by atoms with Crippen LogP contribution in [-0.2, 0) is 4.79 Å². The number of amides is 1. The number of aryl methyl sites for hydroxylation is 1. The quantitative estimate of drug-likeness (QED) is 0.896. The SMILES string of the molecule is Cc1ccc(NC(=O)C2CCNCC2)cc1OC(F)F.Cl. The fourth-order valence-electron chi connectivity index (χ4n) is 2.23. The molecule has 1 aromatic rings. The number of nitrogens with one attached hydrogen (secondary N) is 2. The summed E-state index contributed by atoms with van der Waals surface area (Å²) in [5.74, 6) is -0.0153. The van der Waals surface area contributed by atoms with Gasteiger partial charge >= 0.3 is 6.61 Å². The molecular weight excluding hydrogens is 302 g/mol. The van der Waals surface area contributed by atoms with Crippen LogP contribution < -0.4 is 15.4 Å². The Morgan fingerprint density at radius 1 is 1.38 bits per heavy atom. The van der Waals surface area contributed by atoms with Crippen molar-refractivity contribution in [3.63, 3.8) is 0 Å². The van der Waals surface area contributed by atoms with E-state index in [2.05, 4.69) is 15.4 Å². The summed E-state index contributed by atoms with van der Waals surface area (Å²) in [6.45, 7) is 0.456. The highest BCUT2D eigenvalue weighted by Gasteiger charge is 2.21. The second kappa shape index (κ2) is 8.14. The lowest BCUT2D eigenvalue weighted by atomic mass is 9.97. The first kappa shape index (κ1) is 17.7. The van der Waals surface area contributed by atoms with E-state index in [-0.39, 0.29) is 30.0 Å². The summed E-state index contributed by atoms with van der Waals surface area (Å²) >= 11 is 0. The van der Waals surface area contributed by atoms with Crippen LogP contribution in [0.5, 0.6) is 5.75 Å². The Kier molecular flexibility index (Phi) is 6.84. The molecule has 118 valence electrons. The van der Waals surface area contributed by atoms with E-state index in [1.807, 2.05) is 0 Å². The number of halogens is 3. The smallest absolute Gasteiger partial charge is 0.387 e. The summed E-state index contributed by atoms with van der Waals surface area (Å²) < 4.78 is 29.0. The zero-order valence-corrected chi connectivity index (χ0v) is 12.5. The topological polar surface area (TPSA) is 50.4 Å². The first-order valence-corrected chi connectivity index (χ1v) is 6.63. The van der Waals surface area contributed by atoms with Gasteiger partial charge in [0.05, 0.1) is 0 Å². The van der Waals surface area contributed by atoms with Crippen LogP contribution in [0.4, 0.5) is 14.5 Å². The fourth-order valence-corrected chi connectivity index (χ4v) is 2.23. The standard InChI is InChI=1S/C14H18F2N2O2.ClH/c1-9-2-3-11(8-12(9)20-14(15)16)18-13(19)10-4-6-17-7-5-10;/h2-3,8,10,14,17H,4-7H2,1H3,(H,18,19);1H. The van der Waals surface area contributed by atoms with Gasteiger partial charge in [-0.3, -0.25) is 4.79 Å². The van der Waals surface area contributed by atoms with E-state index in [0.717, 1.165) is 25.9 Å². The molecule has 0 aromatic heterocycles. The van der Waals surface area contributed by atoms with Gasteiger partial charge in [0.25, 0.3) is 0 Å². The van der Waals surface area contributed by atoms with E-state index < -0.39 is 6.61 Å². The Labute approximate surface area is 128 Å². The first-order chi connectivity index (χ1) is 9.56. The van der Waals surface area contributed by atoms with Crippen molar-refractivity contribution in [1.29, 1.82) is 0 Å². The molecule has 1 aromatic carbocycles. The molecule has 7 heteroatoms. The highest BCUT2D eigenvalue weighted by molar-refractivity contribution is 5.92. The molecule has 2 rings (SSSR count). The number of ether oxygens (including phenoxy) is 1. The van der Waals surface area contributed by atoms with Crippen LogP contribution in [0.25, 0.3) is 0 Å². The second-order valence-corrected chi connectivity index (χ2v) is 4.87. The Balaban J connectivity index is 0.00000220. The van der Waals surface area contributed by atoms with Crippen molar-refractivity contribution in [1.82, 2.24) is 5.32 Å². The predicted molar refractivity (Wildman–Crippen MR) is 79.3 cm³/mol. The monoisotopic (exact) mass is 320 g/mol. The average molecular weight is 321 g/mol. The molecule has 1 fully saturated rings. The predicted octanol–water partition coefficient (Wildman–Crippen LogP) is 2.96. The van der Waals surface area contributed by atoms with Gasteiger partial charge in [0.1, 0.15) is 5.75 Å². The number of rotatable bonds is 4. The molecular formula is C14H19ClF2N2O2. The molecule has 1 amide bonds. The maximum atomic E-state index is 12.3. The molecule has 21 heavy (non-hydrogen) atoms. The van der Waals surface area contributed by atoms with Gasteiger partial charge in [0.2, 0.25) is 5.91 Å². The lowest BCUT2D eigenvalue weighted by Gasteiger charge is -2.22.